The van der Waals surface area contributed by atoms with Gasteiger partial charge in [-0.1, -0.05) is 29.8 Å². The van der Waals surface area contributed by atoms with Crippen molar-refractivity contribution in [3.05, 3.63) is 41.7 Å². The number of aromatic nitrogens is 2. The van der Waals surface area contributed by atoms with Gasteiger partial charge in [-0.15, -0.1) is 0 Å². The van der Waals surface area contributed by atoms with Gasteiger partial charge in [-0.2, -0.15) is 0 Å². The van der Waals surface area contributed by atoms with E-state index in [4.69, 9.17) is 17.3 Å². The van der Waals surface area contributed by atoms with E-state index in [1.165, 1.54) is 6.20 Å². The van der Waals surface area contributed by atoms with E-state index in [1.807, 2.05) is 24.3 Å². The van der Waals surface area contributed by atoms with Crippen LogP contribution in [-0.4, -0.2) is 9.97 Å². The van der Waals surface area contributed by atoms with Crippen molar-refractivity contribution >= 4 is 17.4 Å². The Hall–Kier alpha value is -1.61. The molecule has 3 nitrogen and oxygen atoms in total. The first kappa shape index (κ1) is 8.97. The zero-order chi connectivity index (χ0) is 9.97. The summed E-state index contributed by atoms with van der Waals surface area (Å²) in [4.78, 5) is 8.09. The van der Waals surface area contributed by atoms with Gasteiger partial charge in [-0.25, -0.2) is 4.98 Å². The van der Waals surface area contributed by atoms with Crippen LogP contribution in [-0.2, 0) is 0 Å². The molecule has 1 heterocycles. The summed E-state index contributed by atoms with van der Waals surface area (Å²) in [7, 11) is 0. The zero-order valence-corrected chi connectivity index (χ0v) is 8.07. The van der Waals surface area contributed by atoms with Crippen LogP contribution in [0.25, 0.3) is 11.3 Å². The van der Waals surface area contributed by atoms with Gasteiger partial charge in [0.25, 0.3) is 0 Å². The summed E-state index contributed by atoms with van der Waals surface area (Å²) in [6.45, 7) is 0. The molecule has 0 aliphatic carbocycles. The molecular formula is C10H8ClN3. The summed E-state index contributed by atoms with van der Waals surface area (Å²) in [6.07, 6.45) is 3.12. The number of nitrogen functional groups attached to an aromatic ring is 1. The maximum Gasteiger partial charge on any atom is 0.141 e. The first-order valence-corrected chi connectivity index (χ1v) is 4.47. The summed E-state index contributed by atoms with van der Waals surface area (Å²) in [6, 6.07) is 7.48. The summed E-state index contributed by atoms with van der Waals surface area (Å²) in [5.41, 5.74) is 7.03. The Bertz CT molecular complexity index is 439. The number of benzene rings is 1. The van der Waals surface area contributed by atoms with Crippen LogP contribution in [0.2, 0.25) is 5.02 Å². The van der Waals surface area contributed by atoms with Crippen LogP contribution >= 0.6 is 11.6 Å². The van der Waals surface area contributed by atoms with Crippen LogP contribution in [0.5, 0.6) is 0 Å². The highest BCUT2D eigenvalue weighted by molar-refractivity contribution is 6.33. The van der Waals surface area contributed by atoms with Gasteiger partial charge in [-0.3, -0.25) is 4.98 Å². The molecule has 0 bridgehead atoms. The van der Waals surface area contributed by atoms with E-state index in [0.29, 0.717) is 10.8 Å². The monoisotopic (exact) mass is 205 g/mol. The van der Waals surface area contributed by atoms with Crippen LogP contribution in [0.4, 0.5) is 5.82 Å². The molecule has 1 aromatic carbocycles. The fourth-order valence-electron chi connectivity index (χ4n) is 1.15. The van der Waals surface area contributed by atoms with Crippen LogP contribution in [0.1, 0.15) is 0 Å². The lowest BCUT2D eigenvalue weighted by molar-refractivity contribution is 1.22. The highest BCUT2D eigenvalue weighted by Crippen LogP contribution is 2.24. The van der Waals surface area contributed by atoms with Crippen molar-refractivity contribution in [2.24, 2.45) is 0 Å². The Labute approximate surface area is 86.6 Å². The van der Waals surface area contributed by atoms with Crippen molar-refractivity contribution in [3.8, 4) is 11.3 Å². The normalized spacial score (nSPS) is 10.1. The second-order valence-electron chi connectivity index (χ2n) is 2.81. The lowest BCUT2D eigenvalue weighted by Gasteiger charge is -2.02. The van der Waals surface area contributed by atoms with Crippen molar-refractivity contribution in [2.45, 2.75) is 0 Å². The minimum Gasteiger partial charge on any atom is -0.382 e. The van der Waals surface area contributed by atoms with Gasteiger partial charge in [-0.05, 0) is 6.07 Å². The summed E-state index contributed by atoms with van der Waals surface area (Å²) in [5, 5.41) is 0.659. The molecule has 14 heavy (non-hydrogen) atoms. The molecule has 4 heteroatoms. The van der Waals surface area contributed by atoms with E-state index in [0.717, 1.165) is 11.3 Å². The van der Waals surface area contributed by atoms with Gasteiger partial charge in [0.1, 0.15) is 5.82 Å². The number of halogens is 1. The Morgan fingerprint density at radius 3 is 2.50 bits per heavy atom. The first-order chi connectivity index (χ1) is 6.77. The number of rotatable bonds is 1. The molecule has 0 amide bonds. The molecule has 1 aromatic heterocycles. The second-order valence-corrected chi connectivity index (χ2v) is 3.21. The molecule has 0 unspecified atom stereocenters. The second kappa shape index (κ2) is 3.64. The third kappa shape index (κ3) is 1.67. The van der Waals surface area contributed by atoms with Crippen molar-refractivity contribution in [1.29, 1.82) is 0 Å². The zero-order valence-electron chi connectivity index (χ0n) is 7.31. The Morgan fingerprint density at radius 1 is 1.07 bits per heavy atom. The van der Waals surface area contributed by atoms with E-state index >= 15 is 0 Å². The van der Waals surface area contributed by atoms with Gasteiger partial charge >= 0.3 is 0 Å². The summed E-state index contributed by atoms with van der Waals surface area (Å²) < 4.78 is 0. The molecule has 0 radical (unpaired) electrons. The molecule has 0 atom stereocenters. The number of nitrogens with two attached hydrogens (primary N) is 1. The molecule has 0 aliphatic rings. The van der Waals surface area contributed by atoms with Crippen molar-refractivity contribution < 1.29 is 0 Å². The molecule has 2 aromatic rings. The minimum atomic E-state index is 0.404. The maximum atomic E-state index is 6.00. The average Bonchev–Trinajstić information content (AvgIpc) is 2.20. The quantitative estimate of drug-likeness (QED) is 0.778. The van der Waals surface area contributed by atoms with E-state index in [9.17, 15) is 0 Å². The summed E-state index contributed by atoms with van der Waals surface area (Å²) in [5.74, 6) is 0.404. The standard InChI is InChI=1S/C10H8ClN3/c11-8-4-2-1-3-7(8)9-5-14-10(12)6-13-9/h1-6H,(H2,12,14). The smallest absolute Gasteiger partial charge is 0.141 e. The number of nitrogens with zero attached hydrogens (tertiary/aromatic N) is 2. The largest absolute Gasteiger partial charge is 0.382 e. The lowest BCUT2D eigenvalue weighted by atomic mass is 10.2. The van der Waals surface area contributed by atoms with E-state index in [-0.39, 0.29) is 0 Å². The van der Waals surface area contributed by atoms with E-state index in [2.05, 4.69) is 9.97 Å². The Balaban J connectivity index is 2.50. The molecule has 0 saturated carbocycles. The predicted octanol–water partition coefficient (Wildman–Crippen LogP) is 2.38. The Kier molecular flexibility index (Phi) is 2.33. The van der Waals surface area contributed by atoms with Gasteiger partial charge in [0.15, 0.2) is 0 Å². The van der Waals surface area contributed by atoms with Crippen LogP contribution in [0.3, 0.4) is 0 Å². The van der Waals surface area contributed by atoms with Gasteiger partial charge in [0, 0.05) is 5.56 Å². The molecule has 70 valence electrons. The first-order valence-electron chi connectivity index (χ1n) is 4.10. The third-order valence-electron chi connectivity index (χ3n) is 1.82. The number of hydrogen-bond acceptors (Lipinski definition) is 3. The Morgan fingerprint density at radius 2 is 1.86 bits per heavy atom. The molecule has 2 rings (SSSR count). The predicted molar refractivity (Wildman–Crippen MR) is 56.9 cm³/mol. The highest BCUT2D eigenvalue weighted by atomic mass is 35.5. The van der Waals surface area contributed by atoms with Crippen LogP contribution in [0, 0.1) is 0 Å². The van der Waals surface area contributed by atoms with Gasteiger partial charge in [0.05, 0.1) is 23.1 Å². The fraction of sp³-hybridized carbons (Fsp3) is 0. The molecule has 0 spiro atoms. The molecule has 0 aliphatic heterocycles. The topological polar surface area (TPSA) is 51.8 Å². The SMILES string of the molecule is Nc1cnc(-c2ccccc2Cl)cn1. The van der Waals surface area contributed by atoms with Crippen LogP contribution in [0.15, 0.2) is 36.7 Å². The van der Waals surface area contributed by atoms with Crippen molar-refractivity contribution in [3.63, 3.8) is 0 Å². The van der Waals surface area contributed by atoms with Gasteiger partial charge in [0.2, 0.25) is 0 Å². The highest BCUT2D eigenvalue weighted by Gasteiger charge is 2.03. The molecule has 0 saturated heterocycles. The summed E-state index contributed by atoms with van der Waals surface area (Å²) >= 11 is 6.00. The van der Waals surface area contributed by atoms with Crippen LogP contribution < -0.4 is 5.73 Å². The van der Waals surface area contributed by atoms with Gasteiger partial charge < -0.3 is 5.73 Å². The number of hydrogen-bond donors (Lipinski definition) is 1. The third-order valence-corrected chi connectivity index (χ3v) is 2.15. The lowest BCUT2D eigenvalue weighted by Crippen LogP contribution is -1.92. The molecule has 2 N–H and O–H groups in total. The van der Waals surface area contributed by atoms with Crippen molar-refractivity contribution in [2.75, 3.05) is 5.73 Å². The maximum absolute atomic E-state index is 6.00. The molecule has 0 fully saturated rings. The minimum absolute atomic E-state index is 0.404. The fourth-order valence-corrected chi connectivity index (χ4v) is 1.38. The van der Waals surface area contributed by atoms with E-state index in [1.54, 1.807) is 6.20 Å². The van der Waals surface area contributed by atoms with E-state index < -0.39 is 0 Å². The molecular weight excluding hydrogens is 198 g/mol. The number of anilines is 1. The van der Waals surface area contributed by atoms with Crippen molar-refractivity contribution in [1.82, 2.24) is 9.97 Å². The average molecular weight is 206 g/mol.